The average molecular weight is 483 g/mol. The molecule has 0 amide bonds. The summed E-state index contributed by atoms with van der Waals surface area (Å²) in [6.07, 6.45) is 32.2. The number of aliphatic hydroxyl groups is 2. The highest BCUT2D eigenvalue weighted by atomic mass is 16.3. The molecule has 0 radical (unpaired) electrons. The molecule has 2 N–H and O–H groups in total. The Morgan fingerprint density at radius 1 is 0.353 bits per heavy atom. The van der Waals surface area contributed by atoms with Crippen LogP contribution < -0.4 is 0 Å². The van der Waals surface area contributed by atoms with Crippen LogP contribution in [-0.4, -0.2) is 22.4 Å². The minimum Gasteiger partial charge on any atom is -0.390 e. The van der Waals surface area contributed by atoms with E-state index < -0.39 is 12.2 Å². The first-order valence-corrected chi connectivity index (χ1v) is 16.0. The predicted octanol–water partition coefficient (Wildman–Crippen LogP) is 10.5. The second-order valence-electron chi connectivity index (χ2n) is 11.3. The Kier molecular flexibility index (Phi) is 27.4. The Balaban J connectivity index is 4.16. The molecule has 0 aliphatic carbocycles. The predicted molar refractivity (Wildman–Crippen MR) is 153 cm³/mol. The molecule has 0 saturated heterocycles. The van der Waals surface area contributed by atoms with Gasteiger partial charge in [0.15, 0.2) is 0 Å². The number of rotatable bonds is 28. The number of hydrogen-bond donors (Lipinski definition) is 2. The quantitative estimate of drug-likeness (QED) is 0.109. The van der Waals surface area contributed by atoms with Crippen LogP contribution in [0.25, 0.3) is 0 Å². The summed E-state index contributed by atoms with van der Waals surface area (Å²) < 4.78 is 0. The van der Waals surface area contributed by atoms with Crippen LogP contribution in [0.5, 0.6) is 0 Å². The molecule has 0 aromatic rings. The van der Waals surface area contributed by atoms with E-state index in [0.29, 0.717) is 5.92 Å². The van der Waals surface area contributed by atoms with Crippen molar-refractivity contribution >= 4 is 0 Å². The standard InChI is InChI=1S/C32H66O2/c1-4-7-10-13-16-18-20-23-26-29-31(33)32(34)30(27-24-21-15-12-9-6-3)28-25-22-19-17-14-11-8-5-2/h30-34H,4-29H2,1-3H3. The Labute approximate surface area is 216 Å². The van der Waals surface area contributed by atoms with Crippen molar-refractivity contribution in [3.63, 3.8) is 0 Å². The zero-order valence-electron chi connectivity index (χ0n) is 24.0. The van der Waals surface area contributed by atoms with Crippen molar-refractivity contribution in [1.82, 2.24) is 0 Å². The second kappa shape index (κ2) is 27.5. The van der Waals surface area contributed by atoms with Gasteiger partial charge in [-0.05, 0) is 25.2 Å². The summed E-state index contributed by atoms with van der Waals surface area (Å²) in [5, 5.41) is 21.7. The summed E-state index contributed by atoms with van der Waals surface area (Å²) >= 11 is 0. The van der Waals surface area contributed by atoms with Gasteiger partial charge in [-0.25, -0.2) is 0 Å². The lowest BCUT2D eigenvalue weighted by atomic mass is 9.86. The van der Waals surface area contributed by atoms with Crippen molar-refractivity contribution in [2.75, 3.05) is 0 Å². The highest BCUT2D eigenvalue weighted by Gasteiger charge is 2.25. The van der Waals surface area contributed by atoms with Crippen LogP contribution in [0.15, 0.2) is 0 Å². The fourth-order valence-electron chi connectivity index (χ4n) is 5.36. The summed E-state index contributed by atoms with van der Waals surface area (Å²) in [5.41, 5.74) is 0. The maximum absolute atomic E-state index is 11.0. The van der Waals surface area contributed by atoms with Crippen LogP contribution in [-0.2, 0) is 0 Å². The molecule has 0 rings (SSSR count). The van der Waals surface area contributed by atoms with E-state index in [-0.39, 0.29) is 0 Å². The first-order valence-electron chi connectivity index (χ1n) is 16.0. The van der Waals surface area contributed by atoms with Crippen LogP contribution >= 0.6 is 0 Å². The summed E-state index contributed by atoms with van der Waals surface area (Å²) in [4.78, 5) is 0. The highest BCUT2D eigenvalue weighted by Crippen LogP contribution is 2.26. The molecule has 206 valence electrons. The van der Waals surface area contributed by atoms with Crippen molar-refractivity contribution in [3.05, 3.63) is 0 Å². The molecule has 0 bridgehead atoms. The first kappa shape index (κ1) is 33.9. The number of aliphatic hydroxyl groups excluding tert-OH is 2. The van der Waals surface area contributed by atoms with Gasteiger partial charge in [0.1, 0.15) is 0 Å². The normalized spacial score (nSPS) is 14.4. The van der Waals surface area contributed by atoms with Gasteiger partial charge in [-0.1, -0.05) is 168 Å². The molecule has 0 saturated carbocycles. The van der Waals surface area contributed by atoms with E-state index in [0.717, 1.165) is 25.7 Å². The first-order chi connectivity index (χ1) is 16.7. The molecule has 34 heavy (non-hydrogen) atoms. The van der Waals surface area contributed by atoms with Gasteiger partial charge in [0, 0.05) is 0 Å². The molecule has 0 aromatic carbocycles. The van der Waals surface area contributed by atoms with E-state index >= 15 is 0 Å². The molecular weight excluding hydrogens is 416 g/mol. The minimum absolute atomic E-state index is 0.292. The van der Waals surface area contributed by atoms with Gasteiger partial charge in [-0.2, -0.15) is 0 Å². The minimum atomic E-state index is -0.524. The van der Waals surface area contributed by atoms with Gasteiger partial charge in [0.25, 0.3) is 0 Å². The van der Waals surface area contributed by atoms with E-state index in [4.69, 9.17) is 0 Å². The average Bonchev–Trinajstić information content (AvgIpc) is 2.84. The molecule has 3 unspecified atom stereocenters. The Morgan fingerprint density at radius 2 is 0.618 bits per heavy atom. The molecule has 2 nitrogen and oxygen atoms in total. The van der Waals surface area contributed by atoms with Gasteiger partial charge in [-0.3, -0.25) is 0 Å². The molecule has 2 heteroatoms. The van der Waals surface area contributed by atoms with Crippen molar-refractivity contribution in [2.24, 2.45) is 5.92 Å². The fourth-order valence-corrected chi connectivity index (χ4v) is 5.36. The third-order valence-corrected chi connectivity index (χ3v) is 7.84. The molecule has 0 heterocycles. The molecule has 3 atom stereocenters. The monoisotopic (exact) mass is 483 g/mol. The van der Waals surface area contributed by atoms with Crippen molar-refractivity contribution in [1.29, 1.82) is 0 Å². The Bertz CT molecular complexity index is 370. The molecule has 0 fully saturated rings. The van der Waals surface area contributed by atoms with Crippen LogP contribution in [0.1, 0.15) is 188 Å². The molecule has 0 aliphatic heterocycles. The second-order valence-corrected chi connectivity index (χ2v) is 11.3. The van der Waals surface area contributed by atoms with Gasteiger partial charge < -0.3 is 10.2 Å². The maximum atomic E-state index is 11.0. The van der Waals surface area contributed by atoms with E-state index in [1.807, 2.05) is 0 Å². The zero-order valence-corrected chi connectivity index (χ0v) is 24.0. The number of unbranched alkanes of at least 4 members (excludes halogenated alkanes) is 20. The van der Waals surface area contributed by atoms with E-state index in [1.165, 1.54) is 141 Å². The Morgan fingerprint density at radius 3 is 0.941 bits per heavy atom. The van der Waals surface area contributed by atoms with Crippen LogP contribution in [0.2, 0.25) is 0 Å². The highest BCUT2D eigenvalue weighted by molar-refractivity contribution is 4.76. The van der Waals surface area contributed by atoms with Gasteiger partial charge in [0.05, 0.1) is 12.2 Å². The lowest BCUT2D eigenvalue weighted by Crippen LogP contribution is -2.33. The fraction of sp³-hybridized carbons (Fsp3) is 1.00. The summed E-state index contributed by atoms with van der Waals surface area (Å²) in [7, 11) is 0. The van der Waals surface area contributed by atoms with Gasteiger partial charge >= 0.3 is 0 Å². The smallest absolute Gasteiger partial charge is 0.0827 e. The van der Waals surface area contributed by atoms with Gasteiger partial charge in [0.2, 0.25) is 0 Å². The lowest BCUT2D eigenvalue weighted by molar-refractivity contribution is -0.0278. The topological polar surface area (TPSA) is 40.5 Å². The molecule has 0 spiro atoms. The van der Waals surface area contributed by atoms with Crippen LogP contribution in [0.3, 0.4) is 0 Å². The lowest BCUT2D eigenvalue weighted by Gasteiger charge is -2.27. The van der Waals surface area contributed by atoms with Crippen molar-refractivity contribution < 1.29 is 10.2 Å². The SMILES string of the molecule is CCCCCCCCCCCC(O)C(O)C(CCCCCCCC)CCCCCCCCCC. The van der Waals surface area contributed by atoms with E-state index in [9.17, 15) is 10.2 Å². The van der Waals surface area contributed by atoms with Crippen molar-refractivity contribution in [2.45, 2.75) is 200 Å². The third-order valence-electron chi connectivity index (χ3n) is 7.84. The van der Waals surface area contributed by atoms with E-state index in [1.54, 1.807) is 0 Å². The molecular formula is C32H66O2. The van der Waals surface area contributed by atoms with Crippen LogP contribution in [0, 0.1) is 5.92 Å². The molecule has 0 aliphatic rings. The third kappa shape index (κ3) is 22.4. The number of hydrogen-bond acceptors (Lipinski definition) is 2. The maximum Gasteiger partial charge on any atom is 0.0827 e. The van der Waals surface area contributed by atoms with E-state index in [2.05, 4.69) is 20.8 Å². The van der Waals surface area contributed by atoms with Crippen LogP contribution in [0.4, 0.5) is 0 Å². The zero-order chi connectivity index (χ0) is 25.1. The van der Waals surface area contributed by atoms with Crippen molar-refractivity contribution in [3.8, 4) is 0 Å². The summed E-state index contributed by atoms with van der Waals surface area (Å²) in [6, 6.07) is 0. The summed E-state index contributed by atoms with van der Waals surface area (Å²) in [5.74, 6) is 0.292. The summed E-state index contributed by atoms with van der Waals surface area (Å²) in [6.45, 7) is 6.82. The Hall–Kier alpha value is -0.0800. The molecule has 0 aromatic heterocycles. The van der Waals surface area contributed by atoms with Gasteiger partial charge in [-0.15, -0.1) is 0 Å². The largest absolute Gasteiger partial charge is 0.390 e.